The standard InChI is InChI=1S/C19H23NO3S/c1-3-23-18-10-4-15(5-11-18)12-20-19(21)14-24-13-16-6-8-17(22-2)9-7-16/h4-11H,3,12-14H2,1-2H3,(H,20,21). The Bertz CT molecular complexity index is 626. The molecule has 0 fully saturated rings. The third-order valence-electron chi connectivity index (χ3n) is 3.38. The molecule has 0 saturated heterocycles. The molecule has 0 aliphatic rings. The van der Waals surface area contributed by atoms with Crippen molar-refractivity contribution in [3.63, 3.8) is 0 Å². The first-order chi connectivity index (χ1) is 11.7. The summed E-state index contributed by atoms with van der Waals surface area (Å²) in [5.74, 6) is 2.99. The van der Waals surface area contributed by atoms with Gasteiger partial charge in [-0.25, -0.2) is 0 Å². The molecule has 0 bridgehead atoms. The van der Waals surface area contributed by atoms with Gasteiger partial charge in [-0.2, -0.15) is 0 Å². The van der Waals surface area contributed by atoms with E-state index in [-0.39, 0.29) is 5.91 Å². The summed E-state index contributed by atoms with van der Waals surface area (Å²) in [6, 6.07) is 15.7. The second kappa shape index (κ2) is 9.88. The van der Waals surface area contributed by atoms with Crippen LogP contribution in [0.2, 0.25) is 0 Å². The van der Waals surface area contributed by atoms with E-state index in [9.17, 15) is 4.79 Å². The molecule has 0 aromatic heterocycles. The Morgan fingerprint density at radius 1 is 1.00 bits per heavy atom. The third-order valence-corrected chi connectivity index (χ3v) is 4.39. The number of carbonyl (C=O) groups excluding carboxylic acids is 1. The number of methoxy groups -OCH3 is 1. The Balaban J connectivity index is 1.67. The average molecular weight is 345 g/mol. The van der Waals surface area contributed by atoms with Gasteiger partial charge in [-0.1, -0.05) is 24.3 Å². The van der Waals surface area contributed by atoms with Gasteiger partial charge < -0.3 is 14.8 Å². The van der Waals surface area contributed by atoms with Crippen LogP contribution in [0, 0.1) is 0 Å². The molecule has 0 aliphatic carbocycles. The zero-order valence-electron chi connectivity index (χ0n) is 14.1. The Hall–Kier alpha value is -2.14. The topological polar surface area (TPSA) is 47.6 Å². The van der Waals surface area contributed by atoms with Crippen LogP contribution in [0.5, 0.6) is 11.5 Å². The maximum atomic E-state index is 11.9. The predicted octanol–water partition coefficient (Wildman–Crippen LogP) is 3.64. The highest BCUT2D eigenvalue weighted by atomic mass is 32.2. The van der Waals surface area contributed by atoms with Gasteiger partial charge in [0.1, 0.15) is 11.5 Å². The van der Waals surface area contributed by atoms with Gasteiger partial charge in [-0.3, -0.25) is 4.79 Å². The van der Waals surface area contributed by atoms with Crippen LogP contribution in [0.3, 0.4) is 0 Å². The van der Waals surface area contributed by atoms with Gasteiger partial charge in [-0.05, 0) is 42.3 Å². The Labute approximate surface area is 147 Å². The van der Waals surface area contributed by atoms with Crippen LogP contribution < -0.4 is 14.8 Å². The van der Waals surface area contributed by atoms with Crippen LogP contribution in [0.15, 0.2) is 48.5 Å². The van der Waals surface area contributed by atoms with E-state index in [2.05, 4.69) is 5.32 Å². The molecule has 128 valence electrons. The molecular formula is C19H23NO3S. The lowest BCUT2D eigenvalue weighted by Gasteiger charge is -2.07. The summed E-state index contributed by atoms with van der Waals surface area (Å²) in [7, 11) is 1.65. The highest BCUT2D eigenvalue weighted by molar-refractivity contribution is 7.99. The van der Waals surface area contributed by atoms with E-state index in [1.807, 2.05) is 55.5 Å². The van der Waals surface area contributed by atoms with Crippen LogP contribution in [0.25, 0.3) is 0 Å². The van der Waals surface area contributed by atoms with Gasteiger partial charge in [-0.15, -0.1) is 11.8 Å². The van der Waals surface area contributed by atoms with E-state index in [1.54, 1.807) is 18.9 Å². The van der Waals surface area contributed by atoms with E-state index in [0.29, 0.717) is 18.9 Å². The highest BCUT2D eigenvalue weighted by Gasteiger charge is 2.03. The molecular weight excluding hydrogens is 322 g/mol. The summed E-state index contributed by atoms with van der Waals surface area (Å²) in [6.07, 6.45) is 0. The molecule has 24 heavy (non-hydrogen) atoms. The van der Waals surface area contributed by atoms with Crippen LogP contribution in [0.4, 0.5) is 0 Å². The molecule has 0 atom stereocenters. The molecule has 4 nitrogen and oxygen atoms in total. The fourth-order valence-electron chi connectivity index (χ4n) is 2.11. The molecule has 2 aromatic carbocycles. The lowest BCUT2D eigenvalue weighted by Crippen LogP contribution is -2.24. The second-order valence-corrected chi connectivity index (χ2v) is 6.18. The van der Waals surface area contributed by atoms with Crippen molar-refractivity contribution in [3.05, 3.63) is 59.7 Å². The molecule has 1 N–H and O–H groups in total. The van der Waals surface area contributed by atoms with Gasteiger partial charge in [0, 0.05) is 12.3 Å². The molecule has 0 heterocycles. The summed E-state index contributed by atoms with van der Waals surface area (Å²) in [5.41, 5.74) is 2.24. The van der Waals surface area contributed by atoms with Crippen molar-refractivity contribution in [2.45, 2.75) is 19.2 Å². The number of thioether (sulfide) groups is 1. The number of carbonyl (C=O) groups is 1. The van der Waals surface area contributed by atoms with Gasteiger partial charge in [0.2, 0.25) is 5.91 Å². The Morgan fingerprint density at radius 2 is 1.62 bits per heavy atom. The first kappa shape index (κ1) is 18.2. The highest BCUT2D eigenvalue weighted by Crippen LogP contribution is 2.16. The van der Waals surface area contributed by atoms with Crippen molar-refractivity contribution in [2.75, 3.05) is 19.5 Å². The average Bonchev–Trinajstić information content (AvgIpc) is 2.62. The van der Waals surface area contributed by atoms with E-state index >= 15 is 0 Å². The number of amides is 1. The molecule has 0 unspecified atom stereocenters. The molecule has 0 saturated carbocycles. The normalized spacial score (nSPS) is 10.2. The van der Waals surface area contributed by atoms with Crippen molar-refractivity contribution in [1.82, 2.24) is 5.32 Å². The molecule has 2 aromatic rings. The van der Waals surface area contributed by atoms with Crippen molar-refractivity contribution >= 4 is 17.7 Å². The minimum atomic E-state index is 0.0439. The minimum Gasteiger partial charge on any atom is -0.497 e. The summed E-state index contributed by atoms with van der Waals surface area (Å²) in [4.78, 5) is 11.9. The maximum absolute atomic E-state index is 11.9. The minimum absolute atomic E-state index is 0.0439. The fraction of sp³-hybridized carbons (Fsp3) is 0.316. The zero-order valence-corrected chi connectivity index (χ0v) is 14.9. The summed E-state index contributed by atoms with van der Waals surface area (Å²) in [5, 5.41) is 2.93. The van der Waals surface area contributed by atoms with Crippen molar-refractivity contribution in [2.24, 2.45) is 0 Å². The van der Waals surface area contributed by atoms with E-state index in [4.69, 9.17) is 9.47 Å². The van der Waals surface area contributed by atoms with Crippen LogP contribution in [-0.2, 0) is 17.1 Å². The quantitative estimate of drug-likeness (QED) is 0.754. The van der Waals surface area contributed by atoms with Crippen LogP contribution in [-0.4, -0.2) is 25.4 Å². The number of hydrogen-bond donors (Lipinski definition) is 1. The maximum Gasteiger partial charge on any atom is 0.230 e. The molecule has 0 spiro atoms. The number of ether oxygens (including phenoxy) is 2. The molecule has 1 amide bonds. The van der Waals surface area contributed by atoms with Crippen LogP contribution >= 0.6 is 11.8 Å². The molecule has 0 radical (unpaired) electrons. The van der Waals surface area contributed by atoms with E-state index in [0.717, 1.165) is 22.8 Å². The van der Waals surface area contributed by atoms with Crippen molar-refractivity contribution in [1.29, 1.82) is 0 Å². The summed E-state index contributed by atoms with van der Waals surface area (Å²) < 4.78 is 10.5. The Morgan fingerprint density at radius 3 is 2.25 bits per heavy atom. The first-order valence-corrected chi connectivity index (χ1v) is 9.06. The smallest absolute Gasteiger partial charge is 0.230 e. The van der Waals surface area contributed by atoms with Crippen LogP contribution in [0.1, 0.15) is 18.1 Å². The largest absolute Gasteiger partial charge is 0.497 e. The lowest BCUT2D eigenvalue weighted by atomic mass is 10.2. The fourth-order valence-corrected chi connectivity index (χ4v) is 2.92. The molecule has 0 aliphatic heterocycles. The predicted molar refractivity (Wildman–Crippen MR) is 98.6 cm³/mol. The van der Waals surface area contributed by atoms with Gasteiger partial charge in [0.25, 0.3) is 0 Å². The van der Waals surface area contributed by atoms with Crippen molar-refractivity contribution in [3.8, 4) is 11.5 Å². The third kappa shape index (κ3) is 6.16. The zero-order chi connectivity index (χ0) is 17.2. The lowest BCUT2D eigenvalue weighted by molar-refractivity contribution is -0.118. The van der Waals surface area contributed by atoms with Gasteiger partial charge >= 0.3 is 0 Å². The van der Waals surface area contributed by atoms with E-state index in [1.165, 1.54) is 5.56 Å². The summed E-state index contributed by atoms with van der Waals surface area (Å²) in [6.45, 7) is 3.15. The van der Waals surface area contributed by atoms with Gasteiger partial charge in [0.15, 0.2) is 0 Å². The first-order valence-electron chi connectivity index (χ1n) is 7.90. The van der Waals surface area contributed by atoms with Gasteiger partial charge in [0.05, 0.1) is 19.5 Å². The SMILES string of the molecule is CCOc1ccc(CNC(=O)CSCc2ccc(OC)cc2)cc1. The summed E-state index contributed by atoms with van der Waals surface area (Å²) >= 11 is 1.60. The number of hydrogen-bond acceptors (Lipinski definition) is 4. The second-order valence-electron chi connectivity index (χ2n) is 5.19. The van der Waals surface area contributed by atoms with E-state index < -0.39 is 0 Å². The number of nitrogens with one attached hydrogen (secondary N) is 1. The number of benzene rings is 2. The molecule has 5 heteroatoms. The van der Waals surface area contributed by atoms with Crippen molar-refractivity contribution < 1.29 is 14.3 Å². The Kier molecular flexibility index (Phi) is 7.49. The number of rotatable bonds is 9. The molecule has 2 rings (SSSR count). The monoisotopic (exact) mass is 345 g/mol.